The van der Waals surface area contributed by atoms with Gasteiger partial charge in [0, 0.05) is 47.8 Å². The molecule has 0 atom stereocenters. The second-order valence-corrected chi connectivity index (χ2v) is 6.64. The van der Waals surface area contributed by atoms with Crippen LogP contribution in [-0.4, -0.2) is 49.9 Å². The highest BCUT2D eigenvalue weighted by Gasteiger charge is 2.08. The average Bonchev–Trinajstić information content (AvgIpc) is 3.33. The molecular formula is C20H19N7. The molecule has 0 amide bonds. The van der Waals surface area contributed by atoms with Gasteiger partial charge in [0.05, 0.1) is 29.9 Å². The van der Waals surface area contributed by atoms with Gasteiger partial charge in [-0.05, 0) is 38.4 Å². The van der Waals surface area contributed by atoms with Crippen LogP contribution in [0.1, 0.15) is 5.56 Å². The molecule has 3 heterocycles. The van der Waals surface area contributed by atoms with Gasteiger partial charge in [-0.3, -0.25) is 9.25 Å². The summed E-state index contributed by atoms with van der Waals surface area (Å²) in [6.45, 7) is 1.77. The van der Waals surface area contributed by atoms with Crippen LogP contribution in [0, 0.1) is 11.3 Å². The van der Waals surface area contributed by atoms with Gasteiger partial charge < -0.3 is 4.90 Å². The first kappa shape index (κ1) is 16.9. The van der Waals surface area contributed by atoms with Crippen LogP contribution in [0.2, 0.25) is 0 Å². The van der Waals surface area contributed by atoms with Crippen LogP contribution in [0.3, 0.4) is 0 Å². The van der Waals surface area contributed by atoms with Crippen molar-refractivity contribution in [3.05, 3.63) is 60.8 Å². The molecule has 0 spiro atoms. The van der Waals surface area contributed by atoms with E-state index in [1.807, 2.05) is 72.5 Å². The number of nitriles is 1. The number of fused-ring (bicyclic) bond motifs is 1. The summed E-state index contributed by atoms with van der Waals surface area (Å²) in [5, 5.41) is 14.4. The Morgan fingerprint density at radius 1 is 1.07 bits per heavy atom. The Bertz CT molecular complexity index is 1110. The highest BCUT2D eigenvalue weighted by molar-refractivity contribution is 5.82. The number of likely N-dealkylation sites (N-methyl/N-ethyl adjacent to an activating group) is 1. The fourth-order valence-electron chi connectivity index (χ4n) is 2.92. The van der Waals surface area contributed by atoms with Crippen LogP contribution in [-0.2, 0) is 6.54 Å². The molecule has 7 heteroatoms. The lowest BCUT2D eigenvalue weighted by Crippen LogP contribution is -2.18. The van der Waals surface area contributed by atoms with E-state index in [9.17, 15) is 0 Å². The minimum Gasteiger partial charge on any atom is -0.308 e. The van der Waals surface area contributed by atoms with Gasteiger partial charge in [-0.25, -0.2) is 9.97 Å². The van der Waals surface area contributed by atoms with Gasteiger partial charge in [0.2, 0.25) is 5.95 Å². The quantitative estimate of drug-likeness (QED) is 0.549. The van der Waals surface area contributed by atoms with Crippen LogP contribution in [0.4, 0.5) is 0 Å². The van der Waals surface area contributed by atoms with Crippen LogP contribution in [0.15, 0.2) is 55.2 Å². The summed E-state index contributed by atoms with van der Waals surface area (Å²) in [5.74, 6) is 0.596. The fourth-order valence-corrected chi connectivity index (χ4v) is 2.92. The smallest absolute Gasteiger partial charge is 0.234 e. The van der Waals surface area contributed by atoms with Gasteiger partial charge in [0.15, 0.2) is 0 Å². The summed E-state index contributed by atoms with van der Waals surface area (Å²) < 4.78 is 3.84. The molecule has 0 aliphatic heterocycles. The Morgan fingerprint density at radius 3 is 2.63 bits per heavy atom. The standard InChI is InChI=1S/C20H19N7/c1-25(2)7-8-26-14-18(13-24-26)17-11-22-20(23-12-17)27-6-5-16-9-15(10-21)3-4-19(16)27/h3-6,9,11-14H,7-8H2,1-2H3. The molecular weight excluding hydrogens is 338 g/mol. The largest absolute Gasteiger partial charge is 0.308 e. The minimum absolute atomic E-state index is 0.596. The lowest BCUT2D eigenvalue weighted by atomic mass is 10.2. The van der Waals surface area contributed by atoms with Crippen LogP contribution in [0.5, 0.6) is 0 Å². The molecule has 4 rings (SSSR count). The first-order valence-corrected chi connectivity index (χ1v) is 8.65. The number of hydrogen-bond acceptors (Lipinski definition) is 5. The molecule has 1 aromatic carbocycles. The van der Waals surface area contributed by atoms with Crippen molar-refractivity contribution in [1.82, 2.24) is 29.2 Å². The number of hydrogen-bond donors (Lipinski definition) is 0. The summed E-state index contributed by atoms with van der Waals surface area (Å²) in [6.07, 6.45) is 9.38. The maximum Gasteiger partial charge on any atom is 0.234 e. The van der Waals surface area contributed by atoms with E-state index in [2.05, 4.69) is 26.0 Å². The molecule has 134 valence electrons. The third-order valence-corrected chi connectivity index (χ3v) is 4.42. The Morgan fingerprint density at radius 2 is 1.89 bits per heavy atom. The van der Waals surface area contributed by atoms with E-state index >= 15 is 0 Å². The third-order valence-electron chi connectivity index (χ3n) is 4.42. The van der Waals surface area contributed by atoms with E-state index in [0.717, 1.165) is 35.1 Å². The monoisotopic (exact) mass is 357 g/mol. The average molecular weight is 357 g/mol. The first-order chi connectivity index (χ1) is 13.1. The van der Waals surface area contributed by atoms with E-state index in [-0.39, 0.29) is 0 Å². The zero-order valence-electron chi connectivity index (χ0n) is 15.2. The van der Waals surface area contributed by atoms with Gasteiger partial charge in [-0.15, -0.1) is 0 Å². The van der Waals surface area contributed by atoms with E-state index in [0.29, 0.717) is 11.5 Å². The highest BCUT2D eigenvalue weighted by atomic mass is 15.3. The summed E-state index contributed by atoms with van der Waals surface area (Å²) in [5.41, 5.74) is 3.54. The van der Waals surface area contributed by atoms with Gasteiger partial charge in [0.1, 0.15) is 0 Å². The molecule has 0 saturated carbocycles. The molecule has 0 aliphatic rings. The number of nitrogens with zero attached hydrogens (tertiary/aromatic N) is 7. The maximum atomic E-state index is 9.03. The summed E-state index contributed by atoms with van der Waals surface area (Å²) in [6, 6.07) is 9.70. The molecule has 0 saturated heterocycles. The van der Waals surface area contributed by atoms with E-state index < -0.39 is 0 Å². The van der Waals surface area contributed by atoms with Crippen molar-refractivity contribution in [3.63, 3.8) is 0 Å². The molecule has 4 aromatic rings. The zero-order chi connectivity index (χ0) is 18.8. The van der Waals surface area contributed by atoms with E-state index in [1.165, 1.54) is 0 Å². The van der Waals surface area contributed by atoms with E-state index in [4.69, 9.17) is 5.26 Å². The summed E-state index contributed by atoms with van der Waals surface area (Å²) in [7, 11) is 4.09. The van der Waals surface area contributed by atoms with Crippen molar-refractivity contribution in [2.45, 2.75) is 6.54 Å². The number of benzene rings is 1. The highest BCUT2D eigenvalue weighted by Crippen LogP contribution is 2.21. The molecule has 0 aliphatic carbocycles. The van der Waals surface area contributed by atoms with E-state index in [1.54, 1.807) is 6.07 Å². The lowest BCUT2D eigenvalue weighted by molar-refractivity contribution is 0.373. The Hall–Kier alpha value is -3.50. The first-order valence-electron chi connectivity index (χ1n) is 8.65. The molecule has 7 nitrogen and oxygen atoms in total. The van der Waals surface area contributed by atoms with Crippen molar-refractivity contribution in [2.75, 3.05) is 20.6 Å². The number of rotatable bonds is 5. The van der Waals surface area contributed by atoms with Gasteiger partial charge in [-0.2, -0.15) is 10.4 Å². The molecule has 0 fully saturated rings. The minimum atomic E-state index is 0.596. The zero-order valence-corrected chi connectivity index (χ0v) is 15.2. The third kappa shape index (κ3) is 3.43. The normalized spacial score (nSPS) is 11.2. The predicted octanol–water partition coefficient (Wildman–Crippen LogP) is 2.72. The Balaban J connectivity index is 1.59. The van der Waals surface area contributed by atoms with Gasteiger partial charge in [0.25, 0.3) is 0 Å². The molecule has 0 unspecified atom stereocenters. The van der Waals surface area contributed by atoms with Crippen LogP contribution >= 0.6 is 0 Å². The molecule has 27 heavy (non-hydrogen) atoms. The number of aromatic nitrogens is 5. The molecule has 0 N–H and O–H groups in total. The topological polar surface area (TPSA) is 75.6 Å². The van der Waals surface area contributed by atoms with Crippen molar-refractivity contribution in [3.8, 4) is 23.1 Å². The van der Waals surface area contributed by atoms with Crippen LogP contribution in [0.25, 0.3) is 28.0 Å². The second kappa shape index (κ2) is 7.02. The second-order valence-electron chi connectivity index (χ2n) is 6.64. The maximum absolute atomic E-state index is 9.03. The fraction of sp³-hybridized carbons (Fsp3) is 0.200. The van der Waals surface area contributed by atoms with Crippen molar-refractivity contribution >= 4 is 10.9 Å². The van der Waals surface area contributed by atoms with Crippen molar-refractivity contribution in [1.29, 1.82) is 5.26 Å². The molecule has 0 radical (unpaired) electrons. The Labute approximate surface area is 157 Å². The SMILES string of the molecule is CN(C)CCn1cc(-c2cnc(-n3ccc4cc(C#N)ccc43)nc2)cn1. The summed E-state index contributed by atoms with van der Waals surface area (Å²) >= 11 is 0. The van der Waals surface area contributed by atoms with Gasteiger partial charge in [-0.1, -0.05) is 0 Å². The predicted molar refractivity (Wildman–Crippen MR) is 103 cm³/mol. The summed E-state index contributed by atoms with van der Waals surface area (Å²) in [4.78, 5) is 11.2. The Kier molecular flexibility index (Phi) is 4.40. The van der Waals surface area contributed by atoms with Crippen LogP contribution < -0.4 is 0 Å². The van der Waals surface area contributed by atoms with Gasteiger partial charge >= 0.3 is 0 Å². The molecule has 3 aromatic heterocycles. The molecule has 0 bridgehead atoms. The lowest BCUT2D eigenvalue weighted by Gasteiger charge is -2.08. The van der Waals surface area contributed by atoms with Crippen molar-refractivity contribution < 1.29 is 0 Å². The van der Waals surface area contributed by atoms with Crippen molar-refractivity contribution in [2.24, 2.45) is 0 Å².